The van der Waals surface area contributed by atoms with Gasteiger partial charge >= 0.3 is 0 Å². The third-order valence-electron chi connectivity index (χ3n) is 7.24. The maximum atomic E-state index is 12.2. The summed E-state index contributed by atoms with van der Waals surface area (Å²) in [5.74, 6) is 0.542. The standard InChI is InChI=1S/C32H37N7O3S/c40-28(20-23-9-2-1-3-10-23)33-27-17-16-26(35-36-27)13-4-5-14-30-37-38-32(43-30)34-29(41)21-24-11-8-12-25(19-24)22-39-18-7-6-15-31(39)42/h1-3,8-12,16-17,19,29,41H,4-7,13-15,18,20-22H2,(H,34,38)(H,33,36,40). The Morgan fingerprint density at radius 3 is 2.53 bits per heavy atom. The minimum absolute atomic E-state index is 0.122. The molecule has 1 saturated heterocycles. The molecule has 1 fully saturated rings. The van der Waals surface area contributed by atoms with E-state index in [1.807, 2.05) is 59.5 Å². The molecule has 0 radical (unpaired) electrons. The Hall–Kier alpha value is -4.22. The summed E-state index contributed by atoms with van der Waals surface area (Å²) in [5, 5.41) is 34.8. The molecule has 0 bridgehead atoms. The lowest BCUT2D eigenvalue weighted by Crippen LogP contribution is -2.34. The quantitative estimate of drug-likeness (QED) is 0.142. The topological polar surface area (TPSA) is 133 Å². The van der Waals surface area contributed by atoms with Gasteiger partial charge in [-0.1, -0.05) is 65.9 Å². The van der Waals surface area contributed by atoms with Gasteiger partial charge in [0.25, 0.3) is 0 Å². The van der Waals surface area contributed by atoms with Crippen molar-refractivity contribution in [1.82, 2.24) is 25.3 Å². The van der Waals surface area contributed by atoms with E-state index in [1.165, 1.54) is 11.3 Å². The Morgan fingerprint density at radius 1 is 0.907 bits per heavy atom. The summed E-state index contributed by atoms with van der Waals surface area (Å²) in [5.41, 5.74) is 3.89. The van der Waals surface area contributed by atoms with Gasteiger partial charge in [0, 0.05) is 32.4 Å². The number of unbranched alkanes of at least 4 members (excludes halogenated alkanes) is 1. The second-order valence-corrected chi connectivity index (χ2v) is 11.8. The van der Waals surface area contributed by atoms with E-state index in [0.717, 1.165) is 72.5 Å². The van der Waals surface area contributed by atoms with E-state index in [1.54, 1.807) is 6.07 Å². The first kappa shape index (κ1) is 30.2. The van der Waals surface area contributed by atoms with Crippen molar-refractivity contribution in [3.63, 3.8) is 0 Å². The fraction of sp³-hybridized carbons (Fsp3) is 0.375. The van der Waals surface area contributed by atoms with Crippen molar-refractivity contribution >= 4 is 34.1 Å². The SMILES string of the molecule is O=C(Cc1ccccc1)Nc1ccc(CCCCc2nnc(NC(O)Cc3cccc(CN4CCCCC4=O)c3)s2)nn1. The van der Waals surface area contributed by atoms with Gasteiger partial charge in [0.1, 0.15) is 11.2 Å². The molecule has 3 heterocycles. The van der Waals surface area contributed by atoms with Crippen molar-refractivity contribution in [3.05, 3.63) is 94.1 Å². The van der Waals surface area contributed by atoms with Crippen molar-refractivity contribution in [2.24, 2.45) is 0 Å². The summed E-state index contributed by atoms with van der Waals surface area (Å²) in [6.45, 7) is 1.42. The molecule has 1 atom stereocenters. The Kier molecular flexibility index (Phi) is 10.8. The highest BCUT2D eigenvalue weighted by Crippen LogP contribution is 2.20. The Labute approximate surface area is 255 Å². The van der Waals surface area contributed by atoms with Crippen molar-refractivity contribution in [3.8, 4) is 0 Å². The Balaban J connectivity index is 1.000. The highest BCUT2D eigenvalue weighted by molar-refractivity contribution is 7.15. The van der Waals surface area contributed by atoms with Crippen molar-refractivity contribution in [2.75, 3.05) is 17.2 Å². The molecular weight excluding hydrogens is 562 g/mol. The van der Waals surface area contributed by atoms with Gasteiger partial charge in [-0.25, -0.2) is 0 Å². The molecule has 11 heteroatoms. The molecule has 224 valence electrons. The Morgan fingerprint density at radius 2 is 1.72 bits per heavy atom. The lowest BCUT2D eigenvalue weighted by atomic mass is 10.1. The number of aryl methyl sites for hydroxylation is 2. The number of aromatic nitrogens is 4. The number of anilines is 2. The normalized spacial score (nSPS) is 14.0. The summed E-state index contributed by atoms with van der Waals surface area (Å²) in [7, 11) is 0. The number of carbonyl (C=O) groups excluding carboxylic acids is 2. The van der Waals surface area contributed by atoms with Crippen molar-refractivity contribution < 1.29 is 14.7 Å². The number of hydrogen-bond donors (Lipinski definition) is 3. The summed E-state index contributed by atoms with van der Waals surface area (Å²) < 4.78 is 0. The molecular formula is C32H37N7O3S. The fourth-order valence-corrected chi connectivity index (χ4v) is 5.87. The van der Waals surface area contributed by atoms with Crippen LogP contribution in [0.5, 0.6) is 0 Å². The molecule has 1 unspecified atom stereocenters. The van der Waals surface area contributed by atoms with E-state index >= 15 is 0 Å². The minimum Gasteiger partial charge on any atom is -0.373 e. The van der Waals surface area contributed by atoms with E-state index in [9.17, 15) is 14.7 Å². The van der Waals surface area contributed by atoms with Crippen LogP contribution in [-0.2, 0) is 41.8 Å². The number of amides is 2. The maximum Gasteiger partial charge on any atom is 0.229 e. The van der Waals surface area contributed by atoms with Crippen LogP contribution in [0.3, 0.4) is 0 Å². The van der Waals surface area contributed by atoms with Crippen LogP contribution in [0.2, 0.25) is 0 Å². The van der Waals surface area contributed by atoms with Crippen LogP contribution in [0.15, 0.2) is 66.7 Å². The van der Waals surface area contributed by atoms with Gasteiger partial charge in [-0.15, -0.1) is 15.3 Å². The van der Waals surface area contributed by atoms with Gasteiger partial charge < -0.3 is 20.6 Å². The second kappa shape index (κ2) is 15.3. The Bertz CT molecular complexity index is 1480. The van der Waals surface area contributed by atoms with Crippen molar-refractivity contribution in [1.29, 1.82) is 0 Å². The molecule has 0 aliphatic carbocycles. The van der Waals surface area contributed by atoms with Gasteiger partial charge in [-0.3, -0.25) is 9.59 Å². The maximum absolute atomic E-state index is 12.2. The lowest BCUT2D eigenvalue weighted by molar-refractivity contribution is -0.133. The number of carbonyl (C=O) groups is 2. The lowest BCUT2D eigenvalue weighted by Gasteiger charge is -2.27. The molecule has 2 aromatic heterocycles. The zero-order chi connectivity index (χ0) is 29.9. The number of hydrogen-bond acceptors (Lipinski definition) is 9. The number of likely N-dealkylation sites (tertiary alicyclic amines) is 1. The molecule has 43 heavy (non-hydrogen) atoms. The van der Waals surface area contributed by atoms with Gasteiger partial charge in [0.15, 0.2) is 5.82 Å². The fourth-order valence-electron chi connectivity index (χ4n) is 5.04. The first-order chi connectivity index (χ1) is 21.0. The molecule has 2 aromatic carbocycles. The van der Waals surface area contributed by atoms with Crippen LogP contribution in [0.1, 0.15) is 59.5 Å². The van der Waals surface area contributed by atoms with E-state index in [-0.39, 0.29) is 11.8 Å². The molecule has 1 aliphatic heterocycles. The van der Waals surface area contributed by atoms with Crippen LogP contribution in [-0.4, -0.2) is 55.0 Å². The van der Waals surface area contributed by atoms with Crippen LogP contribution in [0.4, 0.5) is 10.9 Å². The van der Waals surface area contributed by atoms with Crippen LogP contribution in [0, 0.1) is 0 Å². The third kappa shape index (κ3) is 9.65. The van der Waals surface area contributed by atoms with Crippen LogP contribution >= 0.6 is 11.3 Å². The van der Waals surface area contributed by atoms with E-state index in [2.05, 4.69) is 37.1 Å². The highest BCUT2D eigenvalue weighted by Gasteiger charge is 2.18. The number of benzene rings is 2. The molecule has 2 amide bonds. The molecule has 5 rings (SSSR count). The number of aliphatic hydroxyl groups is 1. The zero-order valence-corrected chi connectivity index (χ0v) is 24.9. The molecule has 0 spiro atoms. The monoisotopic (exact) mass is 599 g/mol. The van der Waals surface area contributed by atoms with Crippen LogP contribution < -0.4 is 10.6 Å². The first-order valence-electron chi connectivity index (χ1n) is 14.8. The average Bonchev–Trinajstić information content (AvgIpc) is 3.45. The van der Waals surface area contributed by atoms with Gasteiger partial charge in [0.05, 0.1) is 12.1 Å². The first-order valence-corrected chi connectivity index (χ1v) is 15.6. The molecule has 0 saturated carbocycles. The van der Waals surface area contributed by atoms with Gasteiger partial charge in [-0.2, -0.15) is 5.10 Å². The van der Waals surface area contributed by atoms with E-state index in [4.69, 9.17) is 0 Å². The summed E-state index contributed by atoms with van der Waals surface area (Å²) >= 11 is 1.45. The number of piperidine rings is 1. The van der Waals surface area contributed by atoms with E-state index < -0.39 is 6.23 Å². The predicted molar refractivity (Wildman–Crippen MR) is 166 cm³/mol. The minimum atomic E-state index is -0.794. The molecule has 1 aliphatic rings. The van der Waals surface area contributed by atoms with Crippen LogP contribution in [0.25, 0.3) is 0 Å². The summed E-state index contributed by atoms with van der Waals surface area (Å²) in [6, 6.07) is 21.3. The zero-order valence-electron chi connectivity index (χ0n) is 24.1. The summed E-state index contributed by atoms with van der Waals surface area (Å²) in [4.78, 5) is 26.3. The van der Waals surface area contributed by atoms with Gasteiger partial charge in [0.2, 0.25) is 16.9 Å². The average molecular weight is 600 g/mol. The molecule has 4 aromatic rings. The van der Waals surface area contributed by atoms with Crippen molar-refractivity contribution in [2.45, 2.75) is 70.6 Å². The third-order valence-corrected chi connectivity index (χ3v) is 8.15. The van der Waals surface area contributed by atoms with Gasteiger partial charge in [-0.05, 0) is 60.9 Å². The number of aliphatic hydroxyl groups excluding tert-OH is 1. The predicted octanol–water partition coefficient (Wildman–Crippen LogP) is 4.56. The largest absolute Gasteiger partial charge is 0.373 e. The highest BCUT2D eigenvalue weighted by atomic mass is 32.1. The molecule has 3 N–H and O–H groups in total. The summed E-state index contributed by atoms with van der Waals surface area (Å²) in [6.07, 6.45) is 5.98. The second-order valence-electron chi connectivity index (χ2n) is 10.8. The van der Waals surface area contributed by atoms with E-state index in [0.29, 0.717) is 36.8 Å². The number of rotatable bonds is 14. The smallest absolute Gasteiger partial charge is 0.229 e. The molecule has 10 nitrogen and oxygen atoms in total. The number of nitrogens with zero attached hydrogens (tertiary/aromatic N) is 5. The number of nitrogens with one attached hydrogen (secondary N) is 2.